The number of nitrogens with one attached hydrogen (secondary N) is 4. The monoisotopic (exact) mass is 694 g/mol. The van der Waals surface area contributed by atoms with Gasteiger partial charge in [0, 0.05) is 0 Å². The molecule has 0 amide bonds. The Bertz CT molecular complexity index is 1840. The molecule has 0 aliphatic carbocycles. The average molecular weight is 695 g/mol. The minimum atomic E-state index is -4.49. The second-order valence-electron chi connectivity index (χ2n) is 9.60. The molecule has 10 N–H and O–H groups in total. The maximum absolute atomic E-state index is 15.9. The van der Waals surface area contributed by atoms with Crippen molar-refractivity contribution in [1.82, 2.24) is 35.5 Å². The summed E-state index contributed by atoms with van der Waals surface area (Å²) in [6, 6.07) is 0. The number of nitrogens with zero attached hydrogens (tertiary/aromatic N) is 4. The molecule has 2 bridgehead atoms. The fourth-order valence-corrected chi connectivity index (χ4v) is 7.43. The number of hydrogen-bond donors (Lipinski definition) is 10. The van der Waals surface area contributed by atoms with E-state index >= 15 is 4.39 Å². The molecule has 7 rings (SSSR count). The van der Waals surface area contributed by atoms with Gasteiger partial charge in [-0.25, -0.2) is 0 Å². The van der Waals surface area contributed by atoms with E-state index in [1.54, 1.807) is 0 Å². The van der Waals surface area contributed by atoms with E-state index in [1.807, 2.05) is 0 Å². The standard InChI is InChI=1S/C20H25FN10O9P2S2/c21-10-13-9(38-19(10)30-5-26-11-14(22)24-4-25-15(11)30)3-36-41(33,43)39-8-1-7(2-35-42(34,44)40-13)37-18(8)31-6-27-12-16(31)28-20(23)29-17(12)32/h2,6,15,24-26,33-34,41-44H,1,3-5,22H2,(H3,23,28,29,32)/b7-2+. The summed E-state index contributed by atoms with van der Waals surface area (Å²) >= 11 is 8.32. The second-order valence-corrected chi connectivity index (χ2v) is 16.1. The Morgan fingerprint density at radius 1 is 1.18 bits per heavy atom. The quantitative estimate of drug-likeness (QED) is 0.126. The number of furan rings is 1. The minimum absolute atomic E-state index is 0.0157. The fraction of sp³-hybridized carbons (Fsp3) is 0.250. The summed E-state index contributed by atoms with van der Waals surface area (Å²) in [6.07, 6.45) is 1.48. The Labute approximate surface area is 256 Å². The molecule has 4 aliphatic heterocycles. The molecule has 1 fully saturated rings. The van der Waals surface area contributed by atoms with Crippen LogP contribution < -0.4 is 42.4 Å². The van der Waals surface area contributed by atoms with E-state index in [0.29, 0.717) is 18.2 Å². The van der Waals surface area contributed by atoms with Crippen LogP contribution in [0, 0.1) is 5.82 Å². The summed E-state index contributed by atoms with van der Waals surface area (Å²) < 4.78 is 51.1. The van der Waals surface area contributed by atoms with E-state index < -0.39 is 44.2 Å². The molecule has 1 unspecified atom stereocenters. The van der Waals surface area contributed by atoms with Gasteiger partial charge in [0.15, 0.2) is 0 Å². The Balaban J connectivity index is 1.25. The number of thiol groups is 2. The van der Waals surface area contributed by atoms with Gasteiger partial charge in [-0.1, -0.05) is 0 Å². The number of nitrogens with two attached hydrogens (primary N) is 2. The number of rotatable bonds is 2. The summed E-state index contributed by atoms with van der Waals surface area (Å²) in [5, 5.41) is 9.11. The zero-order valence-corrected chi connectivity index (χ0v) is 25.8. The van der Waals surface area contributed by atoms with Crippen molar-refractivity contribution in [2.45, 2.75) is 19.2 Å². The van der Waals surface area contributed by atoms with Crippen LogP contribution in [-0.2, 0) is 24.9 Å². The van der Waals surface area contributed by atoms with Crippen LogP contribution in [0.5, 0.6) is 5.75 Å². The first kappa shape index (κ1) is 29.1. The molecule has 3 aromatic rings. The number of nitrogen functional groups attached to an aromatic ring is 1. The van der Waals surface area contributed by atoms with Crippen molar-refractivity contribution in [3.8, 4) is 5.75 Å². The van der Waals surface area contributed by atoms with Crippen molar-refractivity contribution in [1.29, 1.82) is 0 Å². The number of hydrogen-bond acceptors (Lipinski definition) is 19. The number of aromatic nitrogens is 4. The number of imidazole rings is 1. The van der Waals surface area contributed by atoms with E-state index in [9.17, 15) is 14.6 Å². The van der Waals surface area contributed by atoms with Crippen LogP contribution in [0.15, 0.2) is 44.8 Å². The van der Waals surface area contributed by atoms with E-state index in [2.05, 4.69) is 55.4 Å². The first-order chi connectivity index (χ1) is 20.9. The molecule has 7 heterocycles. The molecule has 3 aromatic heterocycles. The number of anilines is 2. The van der Waals surface area contributed by atoms with Gasteiger partial charge in [-0.15, -0.1) is 0 Å². The van der Waals surface area contributed by atoms with Crippen molar-refractivity contribution in [3.63, 3.8) is 0 Å². The molecule has 0 radical (unpaired) electrons. The molecule has 0 aromatic carbocycles. The van der Waals surface area contributed by atoms with Crippen LogP contribution >= 0.6 is 38.8 Å². The van der Waals surface area contributed by atoms with Crippen molar-refractivity contribution < 1.29 is 41.4 Å². The summed E-state index contributed by atoms with van der Waals surface area (Å²) in [6.45, 7) is -0.216. The molecule has 44 heavy (non-hydrogen) atoms. The van der Waals surface area contributed by atoms with Crippen LogP contribution in [0.2, 0.25) is 0 Å². The first-order valence-corrected chi connectivity index (χ1v) is 18.7. The van der Waals surface area contributed by atoms with Crippen molar-refractivity contribution >= 4 is 67.7 Å². The molecule has 1 atom stereocenters. The molecular weight excluding hydrogens is 669 g/mol. The molecular formula is C20H25FN10O9P2S2. The zero-order valence-electron chi connectivity index (χ0n) is 22.0. The molecule has 19 nitrogen and oxygen atoms in total. The Morgan fingerprint density at radius 3 is 2.82 bits per heavy atom. The fourth-order valence-electron chi connectivity index (χ4n) is 4.81. The predicted molar refractivity (Wildman–Crippen MR) is 161 cm³/mol. The predicted octanol–water partition coefficient (Wildman–Crippen LogP) is 0.0994. The maximum atomic E-state index is 15.9. The van der Waals surface area contributed by atoms with Gasteiger partial charge >= 0.3 is 257 Å². The number of ether oxygens (including phenoxy) is 1. The Hall–Kier alpha value is -3.62. The molecule has 1 saturated heterocycles. The van der Waals surface area contributed by atoms with Gasteiger partial charge in [-0.05, 0) is 0 Å². The zero-order chi connectivity index (χ0) is 31.0. The van der Waals surface area contributed by atoms with Gasteiger partial charge in [-0.3, -0.25) is 0 Å². The third-order valence-corrected chi connectivity index (χ3v) is 9.86. The average Bonchev–Trinajstić information content (AvgIpc) is 3.72. The third-order valence-electron chi connectivity index (χ3n) is 6.68. The number of aromatic amines is 1. The van der Waals surface area contributed by atoms with Gasteiger partial charge in [0.05, 0.1) is 0 Å². The van der Waals surface area contributed by atoms with E-state index in [0.717, 1.165) is 6.26 Å². The first-order valence-electron chi connectivity index (χ1n) is 12.6. The molecule has 24 heteroatoms. The summed E-state index contributed by atoms with van der Waals surface area (Å²) in [5.74, 6) is -2.02. The third kappa shape index (κ3) is 5.12. The SMILES string of the molecule is NC1=C2NCN(c3oc4c(c3F)O[PH](O)(S)O/C=C3\CC(=C(n5cnc6c(=O)[nH]c(N)nc65)O3)O[PH](O)(S)OC4)C2NCN1. The number of fused-ring (bicyclic) bond motifs is 5. The molecule has 0 saturated carbocycles. The van der Waals surface area contributed by atoms with E-state index in [1.165, 1.54) is 15.8 Å². The van der Waals surface area contributed by atoms with Gasteiger partial charge in [0.1, 0.15) is 0 Å². The van der Waals surface area contributed by atoms with Crippen LogP contribution in [0.3, 0.4) is 0 Å². The van der Waals surface area contributed by atoms with E-state index in [-0.39, 0.29) is 59.2 Å². The van der Waals surface area contributed by atoms with Crippen molar-refractivity contribution in [2.75, 3.05) is 24.0 Å². The molecule has 238 valence electrons. The second kappa shape index (κ2) is 10.5. The van der Waals surface area contributed by atoms with Gasteiger partial charge in [0.2, 0.25) is 0 Å². The normalized spacial score (nSPS) is 25.2. The van der Waals surface area contributed by atoms with E-state index in [4.69, 9.17) is 38.7 Å². The number of H-pyrrole nitrogens is 1. The summed E-state index contributed by atoms with van der Waals surface area (Å²) in [7, 11) is -8.89. The van der Waals surface area contributed by atoms with Crippen LogP contribution in [0.4, 0.5) is 16.2 Å². The van der Waals surface area contributed by atoms with Crippen molar-refractivity contribution in [2.24, 2.45) is 5.73 Å². The topological polar surface area (TPSA) is 255 Å². The Morgan fingerprint density at radius 2 is 2.00 bits per heavy atom. The van der Waals surface area contributed by atoms with Gasteiger partial charge in [-0.2, -0.15) is 0 Å². The Kier molecular flexibility index (Phi) is 6.94. The molecule has 4 aliphatic rings. The summed E-state index contributed by atoms with van der Waals surface area (Å²) in [5.41, 5.74) is 11.6. The number of halogens is 1. The van der Waals surface area contributed by atoms with Gasteiger partial charge in [0.25, 0.3) is 0 Å². The van der Waals surface area contributed by atoms with Crippen molar-refractivity contribution in [3.05, 3.63) is 57.6 Å². The van der Waals surface area contributed by atoms with Crippen LogP contribution in [0.25, 0.3) is 17.0 Å². The van der Waals surface area contributed by atoms with Gasteiger partial charge < -0.3 is 0 Å². The summed E-state index contributed by atoms with van der Waals surface area (Å²) in [4.78, 5) is 46.3. The molecule has 0 spiro atoms. The van der Waals surface area contributed by atoms with Crippen LogP contribution in [0.1, 0.15) is 12.2 Å². The van der Waals surface area contributed by atoms with Crippen LogP contribution in [-0.4, -0.2) is 48.8 Å².